The molecule has 1 heterocycles. The second-order valence-electron chi connectivity index (χ2n) is 4.45. The van der Waals surface area contributed by atoms with E-state index in [2.05, 4.69) is 15.3 Å². The van der Waals surface area contributed by atoms with E-state index in [-0.39, 0.29) is 0 Å². The van der Waals surface area contributed by atoms with E-state index in [9.17, 15) is 0 Å². The molecule has 0 aliphatic heterocycles. The number of nitrogens with zero attached hydrogens (tertiary/aromatic N) is 2. The number of hydrogen-bond donors (Lipinski definition) is 2. The third-order valence-corrected chi connectivity index (χ3v) is 3.32. The number of rotatable bonds is 3. The Morgan fingerprint density at radius 3 is 2.47 bits per heavy atom. The summed E-state index contributed by atoms with van der Waals surface area (Å²) in [5, 5.41) is 3.43. The van der Waals surface area contributed by atoms with Gasteiger partial charge in [0.2, 0.25) is 0 Å². The van der Waals surface area contributed by atoms with Crippen molar-refractivity contribution in [2.45, 2.75) is 44.6 Å². The van der Waals surface area contributed by atoms with E-state index in [1.165, 1.54) is 38.5 Å². The van der Waals surface area contributed by atoms with Crippen LogP contribution in [0.5, 0.6) is 0 Å². The molecular formula is C12H18N4S. The number of anilines is 1. The molecule has 0 unspecified atom stereocenters. The molecule has 4 nitrogen and oxygen atoms in total. The average molecular weight is 250 g/mol. The Hall–Kier alpha value is -1.23. The van der Waals surface area contributed by atoms with Crippen molar-refractivity contribution < 1.29 is 0 Å². The SMILES string of the molecule is NC(=S)c1nccnc1NC1CCCCCC1. The fraction of sp³-hybridized carbons (Fsp3) is 0.583. The average Bonchev–Trinajstić information content (AvgIpc) is 2.58. The number of nitrogens with one attached hydrogen (secondary N) is 1. The number of thiocarbonyl (C=S) groups is 1. The lowest BCUT2D eigenvalue weighted by molar-refractivity contribution is 0.617. The molecule has 1 saturated carbocycles. The van der Waals surface area contributed by atoms with Crippen LogP contribution in [0.15, 0.2) is 12.4 Å². The molecule has 92 valence electrons. The van der Waals surface area contributed by atoms with Gasteiger partial charge in [0.25, 0.3) is 0 Å². The summed E-state index contributed by atoms with van der Waals surface area (Å²) in [5.41, 5.74) is 6.24. The van der Waals surface area contributed by atoms with E-state index in [0.29, 0.717) is 16.7 Å². The maximum absolute atomic E-state index is 5.64. The fourth-order valence-corrected chi connectivity index (χ4v) is 2.39. The Kier molecular flexibility index (Phi) is 4.25. The smallest absolute Gasteiger partial charge is 0.155 e. The van der Waals surface area contributed by atoms with Gasteiger partial charge in [0, 0.05) is 18.4 Å². The first-order valence-corrected chi connectivity index (χ1v) is 6.55. The zero-order valence-corrected chi connectivity index (χ0v) is 10.7. The zero-order chi connectivity index (χ0) is 12.1. The quantitative estimate of drug-likeness (QED) is 0.636. The molecule has 2 rings (SSSR count). The summed E-state index contributed by atoms with van der Waals surface area (Å²) < 4.78 is 0. The van der Waals surface area contributed by atoms with Gasteiger partial charge in [-0.1, -0.05) is 37.9 Å². The van der Waals surface area contributed by atoms with Crippen LogP contribution >= 0.6 is 12.2 Å². The highest BCUT2D eigenvalue weighted by molar-refractivity contribution is 7.80. The van der Waals surface area contributed by atoms with Gasteiger partial charge in [0.15, 0.2) is 5.82 Å². The number of nitrogens with two attached hydrogens (primary N) is 1. The van der Waals surface area contributed by atoms with Gasteiger partial charge in [0.1, 0.15) is 10.7 Å². The first-order valence-electron chi connectivity index (χ1n) is 6.14. The summed E-state index contributed by atoms with van der Waals surface area (Å²) >= 11 is 4.98. The molecule has 0 spiro atoms. The maximum atomic E-state index is 5.64. The predicted molar refractivity (Wildman–Crippen MR) is 73.0 cm³/mol. The first-order chi connectivity index (χ1) is 8.27. The van der Waals surface area contributed by atoms with Gasteiger partial charge in [0.05, 0.1) is 0 Å². The lowest BCUT2D eigenvalue weighted by Gasteiger charge is -2.18. The van der Waals surface area contributed by atoms with Gasteiger partial charge in [-0.2, -0.15) is 0 Å². The Balaban J connectivity index is 2.09. The van der Waals surface area contributed by atoms with Gasteiger partial charge in [-0.3, -0.25) is 0 Å². The second kappa shape index (κ2) is 5.91. The maximum Gasteiger partial charge on any atom is 0.155 e. The largest absolute Gasteiger partial charge is 0.388 e. The molecule has 3 N–H and O–H groups in total. The van der Waals surface area contributed by atoms with Crippen LogP contribution < -0.4 is 11.1 Å². The molecule has 1 fully saturated rings. The monoisotopic (exact) mass is 250 g/mol. The molecule has 0 radical (unpaired) electrons. The van der Waals surface area contributed by atoms with Gasteiger partial charge >= 0.3 is 0 Å². The van der Waals surface area contributed by atoms with Gasteiger partial charge in [-0.05, 0) is 12.8 Å². The van der Waals surface area contributed by atoms with E-state index < -0.39 is 0 Å². The van der Waals surface area contributed by atoms with Crippen molar-refractivity contribution in [3.8, 4) is 0 Å². The van der Waals surface area contributed by atoms with Crippen LogP contribution in [0.3, 0.4) is 0 Å². The van der Waals surface area contributed by atoms with Crippen molar-refractivity contribution in [1.82, 2.24) is 9.97 Å². The molecule has 1 aliphatic rings. The molecule has 1 aliphatic carbocycles. The molecule has 1 aromatic heterocycles. The van der Waals surface area contributed by atoms with Crippen LogP contribution in [0.4, 0.5) is 5.82 Å². The minimum Gasteiger partial charge on any atom is -0.388 e. The van der Waals surface area contributed by atoms with Crippen molar-refractivity contribution in [2.75, 3.05) is 5.32 Å². The molecule has 0 amide bonds. The van der Waals surface area contributed by atoms with Gasteiger partial charge in [-0.15, -0.1) is 0 Å². The van der Waals surface area contributed by atoms with Crippen molar-refractivity contribution in [3.63, 3.8) is 0 Å². The van der Waals surface area contributed by atoms with E-state index in [1.807, 2.05) is 0 Å². The summed E-state index contributed by atoms with van der Waals surface area (Å²) in [7, 11) is 0. The number of hydrogen-bond acceptors (Lipinski definition) is 4. The Bertz CT molecular complexity index is 386. The normalized spacial score (nSPS) is 17.4. The van der Waals surface area contributed by atoms with Crippen LogP contribution in [0.2, 0.25) is 0 Å². The van der Waals surface area contributed by atoms with Crippen molar-refractivity contribution in [2.24, 2.45) is 5.73 Å². The molecule has 0 bridgehead atoms. The van der Waals surface area contributed by atoms with E-state index in [1.54, 1.807) is 12.4 Å². The number of aromatic nitrogens is 2. The van der Waals surface area contributed by atoms with Gasteiger partial charge in [-0.25, -0.2) is 9.97 Å². The van der Waals surface area contributed by atoms with Crippen molar-refractivity contribution >= 4 is 23.0 Å². The van der Waals surface area contributed by atoms with Crippen LogP contribution in [0.1, 0.15) is 44.2 Å². The van der Waals surface area contributed by atoms with E-state index >= 15 is 0 Å². The Morgan fingerprint density at radius 1 is 1.18 bits per heavy atom. The lowest BCUT2D eigenvalue weighted by atomic mass is 10.1. The standard InChI is InChI=1S/C12H18N4S/c13-11(17)10-12(15-8-7-14-10)16-9-5-3-1-2-4-6-9/h7-9H,1-6H2,(H2,13,17)(H,15,16). The van der Waals surface area contributed by atoms with Crippen molar-refractivity contribution in [3.05, 3.63) is 18.1 Å². The summed E-state index contributed by atoms with van der Waals surface area (Å²) in [4.78, 5) is 8.76. The molecule has 0 saturated heterocycles. The van der Waals surface area contributed by atoms with E-state index in [0.717, 1.165) is 5.82 Å². The summed E-state index contributed by atoms with van der Waals surface area (Å²) in [6, 6.07) is 0.474. The molecular weight excluding hydrogens is 232 g/mol. The molecule has 17 heavy (non-hydrogen) atoms. The lowest BCUT2D eigenvalue weighted by Crippen LogP contribution is -2.23. The third-order valence-electron chi connectivity index (χ3n) is 3.13. The molecule has 0 atom stereocenters. The van der Waals surface area contributed by atoms with Crippen LogP contribution in [0, 0.1) is 0 Å². The molecule has 0 aromatic carbocycles. The van der Waals surface area contributed by atoms with Gasteiger partial charge < -0.3 is 11.1 Å². The highest BCUT2D eigenvalue weighted by atomic mass is 32.1. The topological polar surface area (TPSA) is 63.8 Å². The minimum absolute atomic E-state index is 0.300. The summed E-state index contributed by atoms with van der Waals surface area (Å²) in [6.07, 6.45) is 10.9. The van der Waals surface area contributed by atoms with Crippen LogP contribution in [-0.4, -0.2) is 21.0 Å². The highest BCUT2D eigenvalue weighted by Crippen LogP contribution is 2.21. The Morgan fingerprint density at radius 2 is 1.82 bits per heavy atom. The second-order valence-corrected chi connectivity index (χ2v) is 4.89. The predicted octanol–water partition coefficient (Wildman–Crippen LogP) is 2.25. The Labute approximate surface area is 107 Å². The zero-order valence-electron chi connectivity index (χ0n) is 9.85. The van der Waals surface area contributed by atoms with Crippen molar-refractivity contribution in [1.29, 1.82) is 0 Å². The summed E-state index contributed by atoms with van der Waals surface area (Å²) in [5.74, 6) is 0.729. The fourth-order valence-electron chi connectivity index (χ4n) is 2.24. The molecule has 5 heteroatoms. The summed E-state index contributed by atoms with van der Waals surface area (Å²) in [6.45, 7) is 0. The first kappa shape index (κ1) is 12.2. The molecule has 1 aromatic rings. The van der Waals surface area contributed by atoms with Crippen LogP contribution in [0.25, 0.3) is 0 Å². The van der Waals surface area contributed by atoms with E-state index in [4.69, 9.17) is 18.0 Å². The van der Waals surface area contributed by atoms with Crippen LogP contribution in [-0.2, 0) is 0 Å². The third kappa shape index (κ3) is 3.36. The minimum atomic E-state index is 0.300. The highest BCUT2D eigenvalue weighted by Gasteiger charge is 2.15.